The van der Waals surface area contributed by atoms with Gasteiger partial charge in [0.15, 0.2) is 0 Å². The Kier molecular flexibility index (Phi) is 5.63. The molecule has 1 fully saturated rings. The molecule has 122 valence electrons. The molecule has 22 heavy (non-hydrogen) atoms. The fourth-order valence-electron chi connectivity index (χ4n) is 2.04. The zero-order valence-corrected chi connectivity index (χ0v) is 13.6. The first-order valence-electron chi connectivity index (χ1n) is 6.63. The van der Waals surface area contributed by atoms with Crippen LogP contribution in [0.15, 0.2) is 23.1 Å². The van der Waals surface area contributed by atoms with E-state index < -0.39 is 10.0 Å². The number of rotatable bonds is 6. The molecule has 1 N–H and O–H groups in total. The van der Waals surface area contributed by atoms with Crippen LogP contribution in [0.25, 0.3) is 0 Å². The normalized spacial score (nSPS) is 15.9. The Hall–Kier alpha value is -1.35. The van der Waals surface area contributed by atoms with E-state index in [9.17, 15) is 13.2 Å². The molecule has 7 nitrogen and oxygen atoms in total. The number of nitrogens with one attached hydrogen (secondary N) is 1. The van der Waals surface area contributed by atoms with Crippen LogP contribution in [0.2, 0.25) is 5.02 Å². The minimum absolute atomic E-state index is 0.0317. The van der Waals surface area contributed by atoms with Crippen molar-refractivity contribution in [3.05, 3.63) is 23.2 Å². The van der Waals surface area contributed by atoms with Crippen LogP contribution < -0.4 is 9.46 Å². The number of carbonyl (C=O) groups is 1. The minimum Gasteiger partial charge on any atom is -0.495 e. The number of hydrogen-bond acceptors (Lipinski definition) is 5. The molecule has 0 unspecified atom stereocenters. The Morgan fingerprint density at radius 2 is 2.23 bits per heavy atom. The van der Waals surface area contributed by atoms with Gasteiger partial charge in [0.2, 0.25) is 15.9 Å². The summed E-state index contributed by atoms with van der Waals surface area (Å²) in [5.41, 5.74) is 0. The van der Waals surface area contributed by atoms with Gasteiger partial charge in [0.1, 0.15) is 17.3 Å². The second kappa shape index (κ2) is 7.28. The highest BCUT2D eigenvalue weighted by Crippen LogP contribution is 2.26. The Bertz CT molecular complexity index is 650. The van der Waals surface area contributed by atoms with Crippen molar-refractivity contribution >= 4 is 27.5 Å². The number of ether oxygens (including phenoxy) is 2. The summed E-state index contributed by atoms with van der Waals surface area (Å²) in [6, 6.07) is 4.36. The molecular formula is C13H17ClN2O5S. The van der Waals surface area contributed by atoms with Gasteiger partial charge in [0.25, 0.3) is 0 Å². The number of morpholine rings is 1. The molecule has 2 rings (SSSR count). The molecule has 0 atom stereocenters. The first-order chi connectivity index (χ1) is 10.4. The van der Waals surface area contributed by atoms with E-state index >= 15 is 0 Å². The van der Waals surface area contributed by atoms with Crippen molar-refractivity contribution in [1.82, 2.24) is 9.62 Å². The predicted molar refractivity (Wildman–Crippen MR) is 80.6 cm³/mol. The second-order valence-electron chi connectivity index (χ2n) is 4.63. The lowest BCUT2D eigenvalue weighted by molar-refractivity contribution is -0.142. The average Bonchev–Trinajstić information content (AvgIpc) is 2.49. The van der Waals surface area contributed by atoms with Gasteiger partial charge in [-0.3, -0.25) is 4.79 Å². The smallest absolute Gasteiger partial charge is 0.248 e. The third kappa shape index (κ3) is 4.10. The van der Waals surface area contributed by atoms with E-state index in [0.29, 0.717) is 18.2 Å². The summed E-state index contributed by atoms with van der Waals surface area (Å²) in [6.07, 6.45) is 0. The van der Waals surface area contributed by atoms with Crippen molar-refractivity contribution in [1.29, 1.82) is 0 Å². The van der Waals surface area contributed by atoms with E-state index in [-0.39, 0.29) is 36.2 Å². The third-order valence-electron chi connectivity index (χ3n) is 3.17. The van der Waals surface area contributed by atoms with E-state index in [0.717, 1.165) is 0 Å². The van der Waals surface area contributed by atoms with Crippen molar-refractivity contribution in [3.63, 3.8) is 0 Å². The molecule has 0 aliphatic carbocycles. The number of sulfonamides is 1. The molecule has 1 heterocycles. The van der Waals surface area contributed by atoms with Gasteiger partial charge in [-0.15, -0.1) is 0 Å². The molecule has 0 aromatic heterocycles. The quantitative estimate of drug-likeness (QED) is 0.808. The summed E-state index contributed by atoms with van der Waals surface area (Å²) >= 11 is 5.84. The van der Waals surface area contributed by atoms with Gasteiger partial charge in [-0.25, -0.2) is 13.1 Å². The maximum Gasteiger partial charge on any atom is 0.248 e. The van der Waals surface area contributed by atoms with E-state index in [2.05, 4.69) is 4.72 Å². The van der Waals surface area contributed by atoms with Crippen molar-refractivity contribution in [2.24, 2.45) is 0 Å². The molecular weight excluding hydrogens is 332 g/mol. The fraction of sp³-hybridized carbons (Fsp3) is 0.462. The van der Waals surface area contributed by atoms with Gasteiger partial charge in [0, 0.05) is 24.7 Å². The molecule has 1 aliphatic rings. The fourth-order valence-corrected chi connectivity index (χ4v) is 3.49. The molecule has 0 radical (unpaired) electrons. The third-order valence-corrected chi connectivity index (χ3v) is 4.89. The zero-order chi connectivity index (χ0) is 16.2. The van der Waals surface area contributed by atoms with E-state index in [1.807, 2.05) is 0 Å². The van der Waals surface area contributed by atoms with Crippen LogP contribution in [-0.4, -0.2) is 59.2 Å². The number of amides is 1. The number of hydrogen-bond donors (Lipinski definition) is 1. The maximum atomic E-state index is 12.3. The molecule has 0 bridgehead atoms. The summed E-state index contributed by atoms with van der Waals surface area (Å²) in [6.45, 7) is 1.34. The molecule has 1 aliphatic heterocycles. The average molecular weight is 349 g/mol. The predicted octanol–water partition coefficient (Wildman–Crippen LogP) is 0.486. The summed E-state index contributed by atoms with van der Waals surface area (Å²) in [7, 11) is -2.39. The minimum atomic E-state index is -3.77. The highest BCUT2D eigenvalue weighted by atomic mass is 35.5. The lowest BCUT2D eigenvalue weighted by atomic mass is 10.3. The second-order valence-corrected chi connectivity index (χ2v) is 6.80. The highest BCUT2D eigenvalue weighted by Gasteiger charge is 2.22. The van der Waals surface area contributed by atoms with Gasteiger partial charge in [-0.05, 0) is 18.2 Å². The van der Waals surface area contributed by atoms with E-state index in [4.69, 9.17) is 21.1 Å². The molecule has 9 heteroatoms. The van der Waals surface area contributed by atoms with E-state index in [1.165, 1.54) is 19.2 Å². The summed E-state index contributed by atoms with van der Waals surface area (Å²) in [5, 5.41) is 0.296. The van der Waals surface area contributed by atoms with Crippen molar-refractivity contribution < 1.29 is 22.7 Å². The number of carbonyl (C=O) groups excluding carboxylic acids is 1. The van der Waals surface area contributed by atoms with Crippen LogP contribution in [0.5, 0.6) is 5.75 Å². The lowest BCUT2D eigenvalue weighted by Crippen LogP contribution is -2.45. The van der Waals surface area contributed by atoms with Gasteiger partial charge < -0.3 is 14.4 Å². The molecule has 0 spiro atoms. The number of nitrogens with zero attached hydrogens (tertiary/aromatic N) is 1. The SMILES string of the molecule is COc1ccc(Cl)cc1S(=O)(=O)NCCN1CCOCC1=O. The largest absolute Gasteiger partial charge is 0.495 e. The topological polar surface area (TPSA) is 84.9 Å². The molecule has 1 aromatic rings. The summed E-state index contributed by atoms with van der Waals surface area (Å²) in [4.78, 5) is 13.1. The lowest BCUT2D eigenvalue weighted by Gasteiger charge is -2.26. The van der Waals surface area contributed by atoms with Crippen LogP contribution in [0.4, 0.5) is 0 Å². The summed E-state index contributed by atoms with van der Waals surface area (Å²) in [5.74, 6) is 0.0603. The molecule has 1 amide bonds. The van der Waals surface area contributed by atoms with Crippen molar-refractivity contribution in [2.75, 3.05) is 40.0 Å². The van der Waals surface area contributed by atoms with Crippen LogP contribution >= 0.6 is 11.6 Å². The molecule has 0 saturated carbocycles. The van der Waals surface area contributed by atoms with Crippen molar-refractivity contribution in [3.8, 4) is 5.75 Å². The Labute approximate surface area is 134 Å². The van der Waals surface area contributed by atoms with Crippen LogP contribution in [-0.2, 0) is 19.6 Å². The van der Waals surface area contributed by atoms with Gasteiger partial charge in [0.05, 0.1) is 13.7 Å². The zero-order valence-electron chi connectivity index (χ0n) is 12.0. The first kappa shape index (κ1) is 17.0. The van der Waals surface area contributed by atoms with Crippen molar-refractivity contribution in [2.45, 2.75) is 4.90 Å². The number of halogens is 1. The Morgan fingerprint density at radius 1 is 1.45 bits per heavy atom. The van der Waals surface area contributed by atoms with Gasteiger partial charge in [-0.2, -0.15) is 0 Å². The Balaban J connectivity index is 2.02. The number of benzene rings is 1. The monoisotopic (exact) mass is 348 g/mol. The maximum absolute atomic E-state index is 12.3. The van der Waals surface area contributed by atoms with Crippen LogP contribution in [0.3, 0.4) is 0 Å². The van der Waals surface area contributed by atoms with Crippen LogP contribution in [0.1, 0.15) is 0 Å². The molecule has 1 saturated heterocycles. The number of methoxy groups -OCH3 is 1. The van der Waals surface area contributed by atoms with Gasteiger partial charge >= 0.3 is 0 Å². The summed E-state index contributed by atoms with van der Waals surface area (Å²) < 4.78 is 37.1. The first-order valence-corrected chi connectivity index (χ1v) is 8.49. The Morgan fingerprint density at radius 3 is 2.91 bits per heavy atom. The highest BCUT2D eigenvalue weighted by molar-refractivity contribution is 7.89. The van der Waals surface area contributed by atoms with Gasteiger partial charge in [-0.1, -0.05) is 11.6 Å². The van der Waals surface area contributed by atoms with E-state index in [1.54, 1.807) is 11.0 Å². The standard InChI is InChI=1S/C13H17ClN2O5S/c1-20-11-3-2-10(14)8-12(11)22(18,19)15-4-5-16-6-7-21-9-13(16)17/h2-3,8,15H,4-7,9H2,1H3. The molecule has 1 aromatic carbocycles. The van der Waals surface area contributed by atoms with Crippen LogP contribution in [0, 0.1) is 0 Å².